The summed E-state index contributed by atoms with van der Waals surface area (Å²) in [7, 11) is 0. The molecule has 136 valence electrons. The monoisotopic (exact) mass is 448 g/mol. The van der Waals surface area contributed by atoms with E-state index in [9.17, 15) is 4.79 Å². The number of aliphatic imine (C=N–C) groups is 1. The molecule has 0 radical (unpaired) electrons. The fourth-order valence-corrected chi connectivity index (χ4v) is 3.33. The lowest BCUT2D eigenvalue weighted by atomic mass is 9.80. The first-order chi connectivity index (χ1) is 11.0. The van der Waals surface area contributed by atoms with Gasteiger partial charge in [0.25, 0.3) is 5.91 Å². The lowest BCUT2D eigenvalue weighted by Crippen LogP contribution is -2.46. The Kier molecular flexibility index (Phi) is 8.58. The number of carbonyl (C=O) groups is 1. The summed E-state index contributed by atoms with van der Waals surface area (Å²) in [6.45, 7) is 7.83. The zero-order valence-electron chi connectivity index (χ0n) is 14.7. The Hall–Kier alpha value is -1.25. The lowest BCUT2D eigenvalue weighted by Gasteiger charge is -2.32. The predicted molar refractivity (Wildman–Crippen MR) is 107 cm³/mol. The SMILES string of the molecule is CCNC(=NCc1ccc(C(N)=O)o1)NC1CC(C)CC(C)C1.I. The molecule has 7 heteroatoms. The summed E-state index contributed by atoms with van der Waals surface area (Å²) in [5.74, 6) is 2.50. The minimum Gasteiger partial charge on any atom is -0.454 e. The molecular weight excluding hydrogens is 419 g/mol. The molecule has 0 aliphatic heterocycles. The molecule has 6 nitrogen and oxygen atoms in total. The van der Waals surface area contributed by atoms with Gasteiger partial charge in [-0.3, -0.25) is 4.79 Å². The number of hydrogen-bond acceptors (Lipinski definition) is 3. The number of rotatable bonds is 5. The fourth-order valence-electron chi connectivity index (χ4n) is 3.33. The van der Waals surface area contributed by atoms with Gasteiger partial charge in [-0.25, -0.2) is 4.99 Å². The van der Waals surface area contributed by atoms with Crippen molar-refractivity contribution in [3.05, 3.63) is 23.7 Å². The van der Waals surface area contributed by atoms with Gasteiger partial charge in [0.1, 0.15) is 12.3 Å². The number of amides is 1. The van der Waals surface area contributed by atoms with Crippen molar-refractivity contribution >= 4 is 35.8 Å². The number of nitrogens with one attached hydrogen (secondary N) is 2. The maximum absolute atomic E-state index is 11.0. The van der Waals surface area contributed by atoms with Gasteiger partial charge in [-0.2, -0.15) is 0 Å². The maximum atomic E-state index is 11.0. The Morgan fingerprint density at radius 2 is 1.96 bits per heavy atom. The van der Waals surface area contributed by atoms with Gasteiger partial charge < -0.3 is 20.8 Å². The quantitative estimate of drug-likeness (QED) is 0.367. The number of nitrogens with two attached hydrogens (primary N) is 1. The van der Waals surface area contributed by atoms with Crippen molar-refractivity contribution in [2.45, 2.75) is 52.6 Å². The Labute approximate surface area is 161 Å². The van der Waals surface area contributed by atoms with Gasteiger partial charge in [0.15, 0.2) is 11.7 Å². The van der Waals surface area contributed by atoms with E-state index < -0.39 is 5.91 Å². The Balaban J connectivity index is 0.00000288. The number of hydrogen-bond donors (Lipinski definition) is 3. The van der Waals surface area contributed by atoms with Gasteiger partial charge in [-0.1, -0.05) is 13.8 Å². The lowest BCUT2D eigenvalue weighted by molar-refractivity contribution is 0.0972. The minimum atomic E-state index is -0.560. The molecule has 1 amide bonds. The normalized spacial score (nSPS) is 24.1. The molecule has 1 aromatic heterocycles. The van der Waals surface area contributed by atoms with Crippen LogP contribution in [0, 0.1) is 11.8 Å². The third kappa shape index (κ3) is 6.33. The van der Waals surface area contributed by atoms with Crippen LogP contribution in [0.5, 0.6) is 0 Å². The van der Waals surface area contributed by atoms with Crippen molar-refractivity contribution in [2.75, 3.05) is 6.54 Å². The standard InChI is InChI=1S/C17H28N4O2.HI/c1-4-19-17(21-13-8-11(2)7-12(3)9-13)20-10-14-5-6-15(23-14)16(18)22;/h5-6,11-13H,4,7-10H2,1-3H3,(H2,18,22)(H2,19,20,21);1H. The highest BCUT2D eigenvalue weighted by Crippen LogP contribution is 2.28. The summed E-state index contributed by atoms with van der Waals surface area (Å²) in [4.78, 5) is 15.6. The van der Waals surface area contributed by atoms with Crippen LogP contribution in [0.3, 0.4) is 0 Å². The second-order valence-electron chi connectivity index (χ2n) is 6.58. The maximum Gasteiger partial charge on any atom is 0.284 e. The van der Waals surface area contributed by atoms with E-state index >= 15 is 0 Å². The molecule has 1 fully saturated rings. The molecule has 1 aliphatic rings. The van der Waals surface area contributed by atoms with E-state index in [1.165, 1.54) is 19.3 Å². The largest absolute Gasteiger partial charge is 0.454 e. The van der Waals surface area contributed by atoms with E-state index in [0.717, 1.165) is 24.3 Å². The predicted octanol–water partition coefficient (Wildman–Crippen LogP) is 2.88. The van der Waals surface area contributed by atoms with Crippen LogP contribution in [-0.2, 0) is 6.54 Å². The summed E-state index contributed by atoms with van der Waals surface area (Å²) < 4.78 is 5.36. The Morgan fingerprint density at radius 3 is 2.50 bits per heavy atom. The van der Waals surface area contributed by atoms with Crippen LogP contribution >= 0.6 is 24.0 Å². The molecule has 0 saturated heterocycles. The molecule has 2 unspecified atom stereocenters. The van der Waals surface area contributed by atoms with E-state index in [4.69, 9.17) is 10.2 Å². The molecule has 4 N–H and O–H groups in total. The first kappa shape index (κ1) is 20.8. The van der Waals surface area contributed by atoms with Crippen molar-refractivity contribution < 1.29 is 9.21 Å². The van der Waals surface area contributed by atoms with Gasteiger partial charge >= 0.3 is 0 Å². The van der Waals surface area contributed by atoms with Crippen molar-refractivity contribution in [3.63, 3.8) is 0 Å². The molecule has 1 heterocycles. The van der Waals surface area contributed by atoms with E-state index in [1.807, 2.05) is 6.92 Å². The van der Waals surface area contributed by atoms with E-state index in [1.54, 1.807) is 12.1 Å². The molecule has 2 rings (SSSR count). The van der Waals surface area contributed by atoms with Crippen molar-refractivity contribution in [3.8, 4) is 0 Å². The van der Waals surface area contributed by atoms with Gasteiger partial charge in [-0.15, -0.1) is 24.0 Å². The zero-order chi connectivity index (χ0) is 16.8. The summed E-state index contributed by atoms with van der Waals surface area (Å²) in [6.07, 6.45) is 3.64. The van der Waals surface area contributed by atoms with Gasteiger partial charge in [0.2, 0.25) is 0 Å². The molecule has 2 atom stereocenters. The highest BCUT2D eigenvalue weighted by Gasteiger charge is 2.24. The van der Waals surface area contributed by atoms with Crippen molar-refractivity contribution in [1.82, 2.24) is 10.6 Å². The van der Waals surface area contributed by atoms with E-state index in [0.29, 0.717) is 18.3 Å². The molecule has 1 saturated carbocycles. The van der Waals surface area contributed by atoms with E-state index in [2.05, 4.69) is 29.5 Å². The average Bonchev–Trinajstić information content (AvgIpc) is 2.93. The summed E-state index contributed by atoms with van der Waals surface area (Å²) in [6, 6.07) is 3.76. The zero-order valence-corrected chi connectivity index (χ0v) is 17.0. The van der Waals surface area contributed by atoms with Gasteiger partial charge in [0, 0.05) is 12.6 Å². The molecule has 1 aromatic rings. The van der Waals surface area contributed by atoms with Crippen molar-refractivity contribution in [2.24, 2.45) is 22.6 Å². The number of primary amides is 1. The Bertz CT molecular complexity index is 549. The Morgan fingerprint density at radius 1 is 1.29 bits per heavy atom. The van der Waals surface area contributed by atoms with Gasteiger partial charge in [0.05, 0.1) is 0 Å². The molecule has 1 aliphatic carbocycles. The molecular formula is C17H29IN4O2. The number of carbonyl (C=O) groups excluding carboxylic acids is 1. The third-order valence-electron chi connectivity index (χ3n) is 4.16. The summed E-state index contributed by atoms with van der Waals surface area (Å²) in [5, 5.41) is 6.79. The first-order valence-electron chi connectivity index (χ1n) is 8.41. The van der Waals surface area contributed by atoms with Crippen LogP contribution in [0.1, 0.15) is 56.3 Å². The van der Waals surface area contributed by atoms with Crippen LogP contribution < -0.4 is 16.4 Å². The highest BCUT2D eigenvalue weighted by atomic mass is 127. The average molecular weight is 448 g/mol. The molecule has 24 heavy (non-hydrogen) atoms. The van der Waals surface area contributed by atoms with Crippen LogP contribution in [0.4, 0.5) is 0 Å². The highest BCUT2D eigenvalue weighted by molar-refractivity contribution is 14.0. The molecule has 0 bridgehead atoms. The molecule has 0 spiro atoms. The topological polar surface area (TPSA) is 92.6 Å². The number of guanidine groups is 1. The second-order valence-corrected chi connectivity index (χ2v) is 6.58. The van der Waals surface area contributed by atoms with Crippen LogP contribution in [-0.4, -0.2) is 24.5 Å². The smallest absolute Gasteiger partial charge is 0.284 e. The van der Waals surface area contributed by atoms with Crippen LogP contribution in [0.25, 0.3) is 0 Å². The number of furan rings is 1. The minimum absolute atomic E-state index is 0. The van der Waals surface area contributed by atoms with Crippen molar-refractivity contribution in [1.29, 1.82) is 0 Å². The molecule has 0 aromatic carbocycles. The first-order valence-corrected chi connectivity index (χ1v) is 8.41. The fraction of sp³-hybridized carbons (Fsp3) is 0.647. The van der Waals surface area contributed by atoms with Crippen LogP contribution in [0.2, 0.25) is 0 Å². The van der Waals surface area contributed by atoms with Crippen LogP contribution in [0.15, 0.2) is 21.5 Å². The third-order valence-corrected chi connectivity index (χ3v) is 4.16. The second kappa shape index (κ2) is 9.90. The van der Waals surface area contributed by atoms with Gasteiger partial charge in [-0.05, 0) is 50.2 Å². The summed E-state index contributed by atoms with van der Waals surface area (Å²) in [5.41, 5.74) is 5.19. The number of nitrogens with zero attached hydrogens (tertiary/aromatic N) is 1. The van der Waals surface area contributed by atoms with E-state index in [-0.39, 0.29) is 29.7 Å². The summed E-state index contributed by atoms with van der Waals surface area (Å²) >= 11 is 0. The number of halogens is 1.